The Morgan fingerprint density at radius 2 is 2.11 bits per heavy atom. The van der Waals surface area contributed by atoms with Crippen LogP contribution in [0.1, 0.15) is 38.1 Å². The lowest BCUT2D eigenvalue weighted by molar-refractivity contribution is 0.0239. The van der Waals surface area contributed by atoms with Gasteiger partial charge in [-0.25, -0.2) is 0 Å². The van der Waals surface area contributed by atoms with E-state index >= 15 is 0 Å². The Labute approximate surface area is 120 Å². The fourth-order valence-electron chi connectivity index (χ4n) is 2.56. The van der Waals surface area contributed by atoms with Gasteiger partial charge in [-0.15, -0.1) is 0 Å². The van der Waals surface area contributed by atoms with Crippen molar-refractivity contribution in [3.8, 4) is 0 Å². The summed E-state index contributed by atoms with van der Waals surface area (Å²) in [4.78, 5) is 0. The molecule has 0 radical (unpaired) electrons. The molecule has 1 aliphatic heterocycles. The monoisotopic (exact) mass is 285 g/mol. The third-order valence-electron chi connectivity index (χ3n) is 4.00. The minimum atomic E-state index is 0.344. The van der Waals surface area contributed by atoms with Crippen molar-refractivity contribution in [2.75, 3.05) is 19.8 Å². The Balaban J connectivity index is 1.92. The lowest BCUT2D eigenvalue weighted by Gasteiger charge is -2.33. The summed E-state index contributed by atoms with van der Waals surface area (Å²) in [5.41, 5.74) is 2.35. The van der Waals surface area contributed by atoms with E-state index in [4.69, 9.17) is 16.3 Å². The molecule has 5 heteroatoms. The van der Waals surface area contributed by atoms with Crippen molar-refractivity contribution in [2.24, 2.45) is 5.41 Å². The number of nitrogens with one attached hydrogen (secondary N) is 1. The average molecular weight is 286 g/mol. The minimum absolute atomic E-state index is 0.344. The first-order valence-corrected chi connectivity index (χ1v) is 7.44. The van der Waals surface area contributed by atoms with Gasteiger partial charge in [-0.1, -0.05) is 18.5 Å². The van der Waals surface area contributed by atoms with Crippen LogP contribution in [0.4, 0.5) is 0 Å². The molecular formula is C14H24ClN3O. The molecule has 0 amide bonds. The fraction of sp³-hybridized carbons (Fsp3) is 0.786. The van der Waals surface area contributed by atoms with Crippen LogP contribution in [0.5, 0.6) is 0 Å². The molecule has 0 atom stereocenters. The summed E-state index contributed by atoms with van der Waals surface area (Å²) < 4.78 is 7.41. The topological polar surface area (TPSA) is 39.1 Å². The van der Waals surface area contributed by atoms with Crippen LogP contribution in [-0.4, -0.2) is 29.5 Å². The molecule has 108 valence electrons. The van der Waals surface area contributed by atoms with Gasteiger partial charge >= 0.3 is 0 Å². The highest BCUT2D eigenvalue weighted by molar-refractivity contribution is 6.31. The van der Waals surface area contributed by atoms with Crippen LogP contribution in [0, 0.1) is 12.3 Å². The van der Waals surface area contributed by atoms with E-state index in [2.05, 4.69) is 24.3 Å². The SMILES string of the molecule is CCn1nc(C)c(Cl)c1CNCC1(C)CCOCC1. The first-order chi connectivity index (χ1) is 9.06. The van der Waals surface area contributed by atoms with Crippen molar-refractivity contribution in [2.45, 2.75) is 46.7 Å². The number of rotatable bonds is 5. The molecule has 0 aliphatic carbocycles. The van der Waals surface area contributed by atoms with E-state index in [1.165, 1.54) is 0 Å². The molecule has 1 fully saturated rings. The molecule has 1 aliphatic rings. The number of aromatic nitrogens is 2. The largest absolute Gasteiger partial charge is 0.381 e. The first-order valence-electron chi connectivity index (χ1n) is 7.06. The van der Waals surface area contributed by atoms with Crippen molar-refractivity contribution in [1.82, 2.24) is 15.1 Å². The molecule has 1 aromatic rings. The van der Waals surface area contributed by atoms with Crippen LogP contribution in [-0.2, 0) is 17.8 Å². The second kappa shape index (κ2) is 6.25. The Kier molecular flexibility index (Phi) is 4.87. The van der Waals surface area contributed by atoms with Gasteiger partial charge < -0.3 is 10.1 Å². The van der Waals surface area contributed by atoms with Gasteiger partial charge in [0.05, 0.1) is 16.4 Å². The number of ether oxygens (including phenoxy) is 1. The van der Waals surface area contributed by atoms with Gasteiger partial charge in [0.1, 0.15) is 0 Å². The lowest BCUT2D eigenvalue weighted by Crippen LogP contribution is -2.36. The first kappa shape index (κ1) is 14.8. The van der Waals surface area contributed by atoms with Gasteiger partial charge in [0, 0.05) is 32.8 Å². The average Bonchev–Trinajstić information content (AvgIpc) is 2.67. The molecule has 0 bridgehead atoms. The van der Waals surface area contributed by atoms with Crippen molar-refractivity contribution in [3.05, 3.63) is 16.4 Å². The maximum absolute atomic E-state index is 6.31. The minimum Gasteiger partial charge on any atom is -0.381 e. The molecule has 19 heavy (non-hydrogen) atoms. The van der Waals surface area contributed by atoms with Crippen LogP contribution in [0.25, 0.3) is 0 Å². The van der Waals surface area contributed by atoms with E-state index in [1.807, 2.05) is 11.6 Å². The summed E-state index contributed by atoms with van der Waals surface area (Å²) in [6, 6.07) is 0. The zero-order valence-corrected chi connectivity index (χ0v) is 12.9. The van der Waals surface area contributed by atoms with E-state index in [1.54, 1.807) is 0 Å². The van der Waals surface area contributed by atoms with Crippen LogP contribution < -0.4 is 5.32 Å². The summed E-state index contributed by atoms with van der Waals surface area (Å²) >= 11 is 6.31. The van der Waals surface area contributed by atoms with Gasteiger partial charge in [0.15, 0.2) is 0 Å². The van der Waals surface area contributed by atoms with Crippen molar-refractivity contribution in [3.63, 3.8) is 0 Å². The predicted molar refractivity (Wildman–Crippen MR) is 77.5 cm³/mol. The molecule has 1 aromatic heterocycles. The molecule has 1 N–H and O–H groups in total. The highest BCUT2D eigenvalue weighted by atomic mass is 35.5. The van der Waals surface area contributed by atoms with Crippen LogP contribution in [0.2, 0.25) is 5.02 Å². The summed E-state index contributed by atoms with van der Waals surface area (Å²) in [7, 11) is 0. The number of halogens is 1. The van der Waals surface area contributed by atoms with Crippen LogP contribution >= 0.6 is 11.6 Å². The lowest BCUT2D eigenvalue weighted by atomic mass is 9.82. The van der Waals surface area contributed by atoms with Crippen molar-refractivity contribution >= 4 is 11.6 Å². The van der Waals surface area contributed by atoms with E-state index in [9.17, 15) is 0 Å². The highest BCUT2D eigenvalue weighted by Crippen LogP contribution is 2.29. The molecular weight excluding hydrogens is 262 g/mol. The molecule has 0 saturated carbocycles. The number of hydrogen-bond donors (Lipinski definition) is 1. The molecule has 0 aromatic carbocycles. The molecule has 4 nitrogen and oxygen atoms in total. The van der Waals surface area contributed by atoms with E-state index in [0.717, 1.165) is 62.1 Å². The quantitative estimate of drug-likeness (QED) is 0.904. The highest BCUT2D eigenvalue weighted by Gasteiger charge is 2.27. The summed E-state index contributed by atoms with van der Waals surface area (Å²) in [6.07, 6.45) is 2.25. The summed E-state index contributed by atoms with van der Waals surface area (Å²) in [5, 5.41) is 8.77. The normalized spacial score (nSPS) is 18.7. The van der Waals surface area contributed by atoms with Gasteiger partial charge in [0.2, 0.25) is 0 Å². The Morgan fingerprint density at radius 3 is 2.74 bits per heavy atom. The van der Waals surface area contributed by atoms with Gasteiger partial charge in [-0.3, -0.25) is 4.68 Å². The Morgan fingerprint density at radius 1 is 1.42 bits per heavy atom. The van der Waals surface area contributed by atoms with Gasteiger partial charge in [-0.2, -0.15) is 5.10 Å². The van der Waals surface area contributed by atoms with Crippen molar-refractivity contribution < 1.29 is 4.74 Å². The Hall–Kier alpha value is -0.580. The maximum atomic E-state index is 6.31. The second-order valence-corrected chi connectivity index (χ2v) is 6.07. The summed E-state index contributed by atoms with van der Waals surface area (Å²) in [5.74, 6) is 0. The standard InChI is InChI=1S/C14H24ClN3O/c1-4-18-12(13(15)11(2)17-18)9-16-10-14(3)5-7-19-8-6-14/h16H,4-10H2,1-3H3. The van der Waals surface area contributed by atoms with E-state index in [0.29, 0.717) is 5.41 Å². The number of nitrogens with zero attached hydrogens (tertiary/aromatic N) is 2. The zero-order valence-electron chi connectivity index (χ0n) is 12.1. The maximum Gasteiger partial charge on any atom is 0.0860 e. The predicted octanol–water partition coefficient (Wildman–Crippen LogP) is 2.77. The van der Waals surface area contributed by atoms with Crippen molar-refractivity contribution in [1.29, 1.82) is 0 Å². The molecule has 2 rings (SSSR count). The third kappa shape index (κ3) is 3.50. The van der Waals surface area contributed by atoms with Crippen LogP contribution in [0.15, 0.2) is 0 Å². The fourth-order valence-corrected chi connectivity index (χ4v) is 2.76. The van der Waals surface area contributed by atoms with Crippen LogP contribution in [0.3, 0.4) is 0 Å². The second-order valence-electron chi connectivity index (χ2n) is 5.69. The molecule has 0 spiro atoms. The molecule has 2 heterocycles. The number of hydrogen-bond acceptors (Lipinski definition) is 3. The Bertz CT molecular complexity index is 425. The van der Waals surface area contributed by atoms with Gasteiger partial charge in [0.25, 0.3) is 0 Å². The van der Waals surface area contributed by atoms with E-state index < -0.39 is 0 Å². The van der Waals surface area contributed by atoms with Gasteiger partial charge in [-0.05, 0) is 32.1 Å². The zero-order chi connectivity index (χ0) is 13.9. The smallest absolute Gasteiger partial charge is 0.0860 e. The summed E-state index contributed by atoms with van der Waals surface area (Å²) in [6.45, 7) is 10.8. The third-order valence-corrected chi connectivity index (χ3v) is 4.49. The molecule has 1 saturated heterocycles. The number of aryl methyl sites for hydroxylation is 2. The molecule has 0 unspecified atom stereocenters. The van der Waals surface area contributed by atoms with E-state index in [-0.39, 0.29) is 0 Å².